The van der Waals surface area contributed by atoms with E-state index >= 15 is 0 Å². The Morgan fingerprint density at radius 2 is 2.20 bits per heavy atom. The van der Waals surface area contributed by atoms with Gasteiger partial charge in [-0.15, -0.1) is 0 Å². The Balaban J connectivity index is 2.16. The van der Waals surface area contributed by atoms with E-state index in [0.29, 0.717) is 39.5 Å². The number of amides is 1. The fourth-order valence-corrected chi connectivity index (χ4v) is 1.50. The molecule has 1 unspecified atom stereocenters. The molecule has 1 aliphatic heterocycles. The Kier molecular flexibility index (Phi) is 5.60. The van der Waals surface area contributed by atoms with Crippen molar-refractivity contribution in [2.75, 3.05) is 46.6 Å². The monoisotopic (exact) mass is 216 g/mol. The van der Waals surface area contributed by atoms with Gasteiger partial charge in [-0.2, -0.15) is 0 Å². The van der Waals surface area contributed by atoms with Crippen LogP contribution in [0.25, 0.3) is 0 Å². The van der Waals surface area contributed by atoms with E-state index in [1.165, 1.54) is 0 Å². The molecule has 0 radical (unpaired) electrons. The third-order valence-electron chi connectivity index (χ3n) is 2.38. The van der Waals surface area contributed by atoms with Crippen LogP contribution in [0.5, 0.6) is 0 Å². The molecular formula is C10H20N2O3. The summed E-state index contributed by atoms with van der Waals surface area (Å²) in [5.74, 6) is 0.140. The number of carbonyl (C=O) groups is 1. The molecule has 5 nitrogen and oxygen atoms in total. The SMILES string of the molecule is COCC(C)NCC(=O)N1CCOCC1. The summed E-state index contributed by atoms with van der Waals surface area (Å²) >= 11 is 0. The summed E-state index contributed by atoms with van der Waals surface area (Å²) in [6, 6.07) is 0.208. The summed E-state index contributed by atoms with van der Waals surface area (Å²) in [7, 11) is 1.65. The zero-order chi connectivity index (χ0) is 11.1. The molecule has 15 heavy (non-hydrogen) atoms. The lowest BCUT2D eigenvalue weighted by molar-refractivity contribution is -0.134. The Hall–Kier alpha value is -0.650. The van der Waals surface area contributed by atoms with Crippen LogP contribution in [-0.2, 0) is 14.3 Å². The molecule has 88 valence electrons. The van der Waals surface area contributed by atoms with E-state index in [9.17, 15) is 4.79 Å². The van der Waals surface area contributed by atoms with E-state index in [1.807, 2.05) is 11.8 Å². The lowest BCUT2D eigenvalue weighted by Crippen LogP contribution is -2.46. The first-order valence-corrected chi connectivity index (χ1v) is 5.32. The highest BCUT2D eigenvalue weighted by Crippen LogP contribution is 1.96. The Bertz CT molecular complexity index is 193. The van der Waals surface area contributed by atoms with Crippen LogP contribution in [0, 0.1) is 0 Å². The quantitative estimate of drug-likeness (QED) is 0.671. The minimum Gasteiger partial charge on any atom is -0.383 e. The number of nitrogens with zero attached hydrogens (tertiary/aromatic N) is 1. The highest BCUT2D eigenvalue weighted by atomic mass is 16.5. The minimum atomic E-state index is 0.140. The molecule has 1 saturated heterocycles. The number of hydrogen-bond acceptors (Lipinski definition) is 4. The number of morpholine rings is 1. The molecule has 1 amide bonds. The summed E-state index contributed by atoms with van der Waals surface area (Å²) in [4.78, 5) is 13.5. The summed E-state index contributed by atoms with van der Waals surface area (Å²) in [6.45, 7) is 5.72. The van der Waals surface area contributed by atoms with Crippen LogP contribution in [0.15, 0.2) is 0 Å². The van der Waals surface area contributed by atoms with Crippen molar-refractivity contribution < 1.29 is 14.3 Å². The van der Waals surface area contributed by atoms with Crippen molar-refractivity contribution in [1.29, 1.82) is 0 Å². The fourth-order valence-electron chi connectivity index (χ4n) is 1.50. The van der Waals surface area contributed by atoms with Gasteiger partial charge in [0.1, 0.15) is 0 Å². The molecule has 1 fully saturated rings. The topological polar surface area (TPSA) is 50.8 Å². The fraction of sp³-hybridized carbons (Fsp3) is 0.900. The number of carbonyl (C=O) groups excluding carboxylic acids is 1. The van der Waals surface area contributed by atoms with Gasteiger partial charge in [-0.05, 0) is 6.92 Å². The second kappa shape index (κ2) is 6.76. The maximum Gasteiger partial charge on any atom is 0.236 e. The van der Waals surface area contributed by atoms with Crippen molar-refractivity contribution in [2.45, 2.75) is 13.0 Å². The first kappa shape index (κ1) is 12.4. The number of rotatable bonds is 5. The maximum absolute atomic E-state index is 11.7. The van der Waals surface area contributed by atoms with Crippen molar-refractivity contribution in [1.82, 2.24) is 10.2 Å². The highest BCUT2D eigenvalue weighted by molar-refractivity contribution is 5.78. The van der Waals surface area contributed by atoms with Crippen molar-refractivity contribution in [2.24, 2.45) is 0 Å². The molecule has 1 aliphatic rings. The zero-order valence-electron chi connectivity index (χ0n) is 9.49. The van der Waals surface area contributed by atoms with E-state index in [0.717, 1.165) is 0 Å². The van der Waals surface area contributed by atoms with Gasteiger partial charge in [0.2, 0.25) is 5.91 Å². The molecule has 0 bridgehead atoms. The van der Waals surface area contributed by atoms with E-state index in [2.05, 4.69) is 5.32 Å². The molecule has 1 rings (SSSR count). The molecule has 1 N–H and O–H groups in total. The van der Waals surface area contributed by atoms with E-state index in [-0.39, 0.29) is 11.9 Å². The van der Waals surface area contributed by atoms with Gasteiger partial charge in [0.15, 0.2) is 0 Å². The Morgan fingerprint density at radius 3 is 2.80 bits per heavy atom. The van der Waals surface area contributed by atoms with E-state index < -0.39 is 0 Å². The predicted octanol–water partition coefficient (Wildman–Crippen LogP) is -0.530. The Labute approximate surface area is 90.7 Å². The van der Waals surface area contributed by atoms with Gasteiger partial charge in [0.05, 0.1) is 26.4 Å². The molecule has 0 spiro atoms. The molecule has 1 heterocycles. The zero-order valence-corrected chi connectivity index (χ0v) is 9.49. The number of ether oxygens (including phenoxy) is 2. The van der Waals surface area contributed by atoms with Crippen molar-refractivity contribution in [3.63, 3.8) is 0 Å². The van der Waals surface area contributed by atoms with Crippen molar-refractivity contribution >= 4 is 5.91 Å². The molecule has 5 heteroatoms. The van der Waals surface area contributed by atoms with Crippen LogP contribution in [-0.4, -0.2) is 63.4 Å². The first-order valence-electron chi connectivity index (χ1n) is 5.32. The normalized spacial score (nSPS) is 18.9. The molecule has 0 aliphatic carbocycles. The van der Waals surface area contributed by atoms with Gasteiger partial charge in [-0.25, -0.2) is 0 Å². The highest BCUT2D eigenvalue weighted by Gasteiger charge is 2.16. The molecule has 0 aromatic heterocycles. The van der Waals surface area contributed by atoms with Crippen molar-refractivity contribution in [3.05, 3.63) is 0 Å². The second-order valence-corrected chi connectivity index (χ2v) is 3.73. The Morgan fingerprint density at radius 1 is 1.53 bits per heavy atom. The molecule has 0 aromatic rings. The number of hydrogen-bond donors (Lipinski definition) is 1. The average Bonchev–Trinajstić information content (AvgIpc) is 2.27. The minimum absolute atomic E-state index is 0.140. The third kappa shape index (κ3) is 4.59. The molecule has 0 aromatic carbocycles. The molecular weight excluding hydrogens is 196 g/mol. The lowest BCUT2D eigenvalue weighted by Gasteiger charge is -2.27. The summed E-state index contributed by atoms with van der Waals surface area (Å²) in [5, 5.41) is 3.12. The van der Waals surface area contributed by atoms with E-state index in [4.69, 9.17) is 9.47 Å². The van der Waals surface area contributed by atoms with Gasteiger partial charge >= 0.3 is 0 Å². The van der Waals surface area contributed by atoms with Crippen molar-refractivity contribution in [3.8, 4) is 0 Å². The number of nitrogens with one attached hydrogen (secondary N) is 1. The van der Waals surface area contributed by atoms with Crippen LogP contribution >= 0.6 is 0 Å². The van der Waals surface area contributed by atoms with Crippen LogP contribution in [0.3, 0.4) is 0 Å². The van der Waals surface area contributed by atoms with Gasteiger partial charge in [-0.1, -0.05) is 0 Å². The summed E-state index contributed by atoms with van der Waals surface area (Å²) in [6.07, 6.45) is 0. The molecule has 1 atom stereocenters. The summed E-state index contributed by atoms with van der Waals surface area (Å²) < 4.78 is 10.2. The van der Waals surface area contributed by atoms with Gasteiger partial charge in [-0.3, -0.25) is 4.79 Å². The first-order chi connectivity index (χ1) is 7.24. The smallest absolute Gasteiger partial charge is 0.236 e. The average molecular weight is 216 g/mol. The van der Waals surface area contributed by atoms with Crippen LogP contribution in [0.2, 0.25) is 0 Å². The van der Waals surface area contributed by atoms with Crippen LogP contribution in [0.4, 0.5) is 0 Å². The second-order valence-electron chi connectivity index (χ2n) is 3.73. The van der Waals surface area contributed by atoms with E-state index in [1.54, 1.807) is 7.11 Å². The van der Waals surface area contributed by atoms with Gasteiger partial charge in [0.25, 0.3) is 0 Å². The standard InChI is InChI=1S/C10H20N2O3/c1-9(8-14-2)11-7-10(13)12-3-5-15-6-4-12/h9,11H,3-8H2,1-2H3. The van der Waals surface area contributed by atoms with Gasteiger partial charge < -0.3 is 19.7 Å². The third-order valence-corrected chi connectivity index (χ3v) is 2.38. The van der Waals surface area contributed by atoms with Crippen LogP contribution in [0.1, 0.15) is 6.92 Å². The predicted molar refractivity (Wildman–Crippen MR) is 56.7 cm³/mol. The molecule has 0 saturated carbocycles. The largest absolute Gasteiger partial charge is 0.383 e. The number of methoxy groups -OCH3 is 1. The van der Waals surface area contributed by atoms with Gasteiger partial charge in [0, 0.05) is 26.2 Å². The summed E-state index contributed by atoms with van der Waals surface area (Å²) in [5.41, 5.74) is 0. The van der Waals surface area contributed by atoms with Crippen LogP contribution < -0.4 is 5.32 Å². The maximum atomic E-state index is 11.7. The lowest BCUT2D eigenvalue weighted by atomic mass is 10.3.